The maximum atomic E-state index is 11.4. The van der Waals surface area contributed by atoms with Gasteiger partial charge in [0, 0.05) is 19.5 Å². The van der Waals surface area contributed by atoms with Crippen molar-refractivity contribution >= 4 is 22.6 Å². The Bertz CT molecular complexity index is 352. The van der Waals surface area contributed by atoms with Crippen LogP contribution in [0.15, 0.2) is 6.07 Å². The lowest BCUT2D eigenvalue weighted by molar-refractivity contribution is 0.231. The van der Waals surface area contributed by atoms with E-state index in [2.05, 4.69) is 30.5 Å². The quantitative estimate of drug-likeness (QED) is 0.801. The Labute approximate surface area is 94.5 Å². The SMILES string of the molecule is CN(C)C(=O)Nc1cc(C(C)(C)C)ns1. The first-order valence-electron chi connectivity index (χ1n) is 4.76. The number of hydrogen-bond acceptors (Lipinski definition) is 3. The van der Waals surface area contributed by atoms with Gasteiger partial charge in [0.25, 0.3) is 0 Å². The average molecular weight is 227 g/mol. The van der Waals surface area contributed by atoms with Crippen LogP contribution in [0.25, 0.3) is 0 Å². The zero-order chi connectivity index (χ0) is 11.6. The number of aromatic nitrogens is 1. The van der Waals surface area contributed by atoms with Crippen molar-refractivity contribution in [1.29, 1.82) is 0 Å². The minimum Gasteiger partial charge on any atom is -0.331 e. The number of nitrogens with zero attached hydrogens (tertiary/aromatic N) is 2. The maximum absolute atomic E-state index is 11.4. The van der Waals surface area contributed by atoms with Crippen LogP contribution in [0.5, 0.6) is 0 Å². The van der Waals surface area contributed by atoms with E-state index in [1.165, 1.54) is 16.4 Å². The van der Waals surface area contributed by atoms with E-state index in [0.717, 1.165) is 10.7 Å². The van der Waals surface area contributed by atoms with Crippen molar-refractivity contribution < 1.29 is 4.79 Å². The molecule has 0 radical (unpaired) electrons. The van der Waals surface area contributed by atoms with Crippen LogP contribution in [0.1, 0.15) is 26.5 Å². The van der Waals surface area contributed by atoms with Crippen LogP contribution in [0.4, 0.5) is 9.80 Å². The Hall–Kier alpha value is -1.10. The second-order valence-corrected chi connectivity index (χ2v) is 5.46. The van der Waals surface area contributed by atoms with E-state index < -0.39 is 0 Å². The molecular formula is C10H17N3OS. The van der Waals surface area contributed by atoms with Crippen molar-refractivity contribution in [2.24, 2.45) is 0 Å². The highest BCUT2D eigenvalue weighted by Gasteiger charge is 2.18. The van der Waals surface area contributed by atoms with Crippen LogP contribution in [-0.2, 0) is 5.41 Å². The Morgan fingerprint density at radius 3 is 2.47 bits per heavy atom. The van der Waals surface area contributed by atoms with Gasteiger partial charge in [-0.05, 0) is 17.6 Å². The largest absolute Gasteiger partial charge is 0.331 e. The van der Waals surface area contributed by atoms with Crippen LogP contribution < -0.4 is 5.32 Å². The van der Waals surface area contributed by atoms with Gasteiger partial charge >= 0.3 is 6.03 Å². The summed E-state index contributed by atoms with van der Waals surface area (Å²) in [6.45, 7) is 6.29. The van der Waals surface area contributed by atoms with Crippen molar-refractivity contribution in [3.8, 4) is 0 Å². The first-order chi connectivity index (χ1) is 6.80. The zero-order valence-electron chi connectivity index (χ0n) is 9.79. The number of carbonyl (C=O) groups is 1. The van der Waals surface area contributed by atoms with E-state index in [-0.39, 0.29) is 11.4 Å². The second kappa shape index (κ2) is 4.18. The molecule has 15 heavy (non-hydrogen) atoms. The molecule has 1 heterocycles. The molecule has 0 saturated heterocycles. The number of amides is 2. The molecule has 0 saturated carbocycles. The number of hydrogen-bond donors (Lipinski definition) is 1. The van der Waals surface area contributed by atoms with Crippen molar-refractivity contribution in [2.45, 2.75) is 26.2 Å². The number of carbonyl (C=O) groups excluding carboxylic acids is 1. The Morgan fingerprint density at radius 2 is 2.07 bits per heavy atom. The van der Waals surface area contributed by atoms with Gasteiger partial charge in [-0.3, -0.25) is 5.32 Å². The smallest absolute Gasteiger partial charge is 0.321 e. The summed E-state index contributed by atoms with van der Waals surface area (Å²) in [6.07, 6.45) is 0. The highest BCUT2D eigenvalue weighted by Crippen LogP contribution is 2.26. The third-order valence-corrected chi connectivity index (χ3v) is 2.62. The summed E-state index contributed by atoms with van der Waals surface area (Å²) in [7, 11) is 3.42. The van der Waals surface area contributed by atoms with Crippen LogP contribution in [0.3, 0.4) is 0 Å². The minimum atomic E-state index is -0.126. The molecule has 1 N–H and O–H groups in total. The highest BCUT2D eigenvalue weighted by atomic mass is 32.1. The molecule has 2 amide bonds. The lowest BCUT2D eigenvalue weighted by atomic mass is 9.92. The van der Waals surface area contributed by atoms with Crippen LogP contribution in [0, 0.1) is 0 Å². The summed E-state index contributed by atoms with van der Waals surface area (Å²) >= 11 is 1.31. The summed E-state index contributed by atoms with van der Waals surface area (Å²) in [4.78, 5) is 12.9. The fourth-order valence-corrected chi connectivity index (χ4v) is 1.73. The van der Waals surface area contributed by atoms with Crippen LogP contribution in [-0.4, -0.2) is 29.4 Å². The van der Waals surface area contributed by atoms with E-state index in [1.54, 1.807) is 14.1 Å². The topological polar surface area (TPSA) is 45.2 Å². The predicted molar refractivity (Wildman–Crippen MR) is 63.5 cm³/mol. The van der Waals surface area contributed by atoms with Crippen molar-refractivity contribution in [3.63, 3.8) is 0 Å². The number of nitrogens with one attached hydrogen (secondary N) is 1. The Balaban J connectivity index is 2.73. The normalized spacial score (nSPS) is 11.3. The minimum absolute atomic E-state index is 0.0254. The van der Waals surface area contributed by atoms with E-state index in [1.807, 2.05) is 6.07 Å². The predicted octanol–water partition coefficient (Wildman–Crippen LogP) is 2.53. The molecular weight excluding hydrogens is 210 g/mol. The molecule has 0 bridgehead atoms. The molecule has 1 aromatic heterocycles. The van der Waals surface area contributed by atoms with Gasteiger partial charge in [0.2, 0.25) is 0 Å². The summed E-state index contributed by atoms with van der Waals surface area (Å²) in [5.74, 6) is 0. The van der Waals surface area contributed by atoms with E-state index >= 15 is 0 Å². The second-order valence-electron chi connectivity index (χ2n) is 4.65. The third-order valence-electron chi connectivity index (χ3n) is 1.91. The summed E-state index contributed by atoms with van der Waals surface area (Å²) in [5, 5.41) is 3.57. The molecule has 5 heteroatoms. The standard InChI is InChI=1S/C10H17N3OS/c1-10(2,3)7-6-8(15-12-7)11-9(14)13(4)5/h6H,1-5H3,(H,11,14). The van der Waals surface area contributed by atoms with Gasteiger partial charge in [0.05, 0.1) is 5.69 Å². The Morgan fingerprint density at radius 1 is 1.47 bits per heavy atom. The lowest BCUT2D eigenvalue weighted by Crippen LogP contribution is -2.26. The molecule has 0 aliphatic heterocycles. The molecule has 0 unspecified atom stereocenters. The highest BCUT2D eigenvalue weighted by molar-refractivity contribution is 7.10. The molecule has 1 aromatic rings. The molecule has 1 rings (SSSR count). The molecule has 0 atom stereocenters. The van der Waals surface area contributed by atoms with Gasteiger partial charge in [-0.2, -0.15) is 4.37 Å². The molecule has 0 fully saturated rings. The third kappa shape index (κ3) is 3.20. The zero-order valence-corrected chi connectivity index (χ0v) is 10.6. The molecule has 4 nitrogen and oxygen atoms in total. The van der Waals surface area contributed by atoms with Crippen molar-refractivity contribution in [1.82, 2.24) is 9.27 Å². The molecule has 0 aromatic carbocycles. The summed E-state index contributed by atoms with van der Waals surface area (Å²) in [6, 6.07) is 1.80. The van der Waals surface area contributed by atoms with Crippen molar-refractivity contribution in [2.75, 3.05) is 19.4 Å². The van der Waals surface area contributed by atoms with Gasteiger partial charge in [0.1, 0.15) is 5.00 Å². The van der Waals surface area contributed by atoms with E-state index in [4.69, 9.17) is 0 Å². The summed E-state index contributed by atoms with van der Waals surface area (Å²) < 4.78 is 4.31. The van der Waals surface area contributed by atoms with Gasteiger partial charge in [0.15, 0.2) is 0 Å². The van der Waals surface area contributed by atoms with Gasteiger partial charge in [-0.15, -0.1) is 0 Å². The fraction of sp³-hybridized carbons (Fsp3) is 0.600. The monoisotopic (exact) mass is 227 g/mol. The number of urea groups is 1. The number of rotatable bonds is 1. The molecule has 0 aliphatic rings. The first-order valence-corrected chi connectivity index (χ1v) is 5.53. The lowest BCUT2D eigenvalue weighted by Gasteiger charge is -2.14. The molecule has 0 aliphatic carbocycles. The summed E-state index contributed by atoms with van der Waals surface area (Å²) in [5.41, 5.74) is 1.03. The number of anilines is 1. The maximum Gasteiger partial charge on any atom is 0.321 e. The fourth-order valence-electron chi connectivity index (χ4n) is 0.905. The first kappa shape index (κ1) is 12.0. The van der Waals surface area contributed by atoms with E-state index in [9.17, 15) is 4.79 Å². The average Bonchev–Trinajstić information content (AvgIpc) is 2.51. The van der Waals surface area contributed by atoms with Crippen molar-refractivity contribution in [3.05, 3.63) is 11.8 Å². The van der Waals surface area contributed by atoms with E-state index in [0.29, 0.717) is 0 Å². The Kier molecular flexibility index (Phi) is 3.34. The molecule has 0 spiro atoms. The van der Waals surface area contributed by atoms with Crippen LogP contribution >= 0.6 is 11.5 Å². The molecule has 84 valence electrons. The van der Waals surface area contributed by atoms with Gasteiger partial charge in [-0.25, -0.2) is 4.79 Å². The van der Waals surface area contributed by atoms with Crippen LogP contribution in [0.2, 0.25) is 0 Å². The van der Waals surface area contributed by atoms with Gasteiger partial charge in [-0.1, -0.05) is 20.8 Å². The van der Waals surface area contributed by atoms with Gasteiger partial charge < -0.3 is 4.90 Å².